The number of piperidine rings is 1. The SMILES string of the molecule is COc1ccc(C(c2c(O)cc(C)n(Cc3ccco3)c2=O)N2CCCCC2)cc1. The first kappa shape index (κ1) is 20.3. The second-order valence-electron chi connectivity index (χ2n) is 7.83. The minimum atomic E-state index is -0.313. The molecule has 0 amide bonds. The molecular weight excluding hydrogens is 380 g/mol. The Balaban J connectivity index is 1.83. The maximum atomic E-state index is 13.6. The summed E-state index contributed by atoms with van der Waals surface area (Å²) in [4.78, 5) is 15.9. The van der Waals surface area contributed by atoms with Gasteiger partial charge in [0.2, 0.25) is 0 Å². The molecule has 1 aromatic carbocycles. The van der Waals surface area contributed by atoms with Crippen LogP contribution in [0.25, 0.3) is 0 Å². The van der Waals surface area contributed by atoms with Gasteiger partial charge >= 0.3 is 0 Å². The monoisotopic (exact) mass is 408 g/mol. The van der Waals surface area contributed by atoms with E-state index in [0.717, 1.165) is 37.2 Å². The molecule has 1 aliphatic heterocycles. The van der Waals surface area contributed by atoms with Gasteiger partial charge in [-0.25, -0.2) is 0 Å². The standard InChI is InChI=1S/C24H28N2O4/c1-17-15-21(27)22(24(28)26(17)16-20-7-6-14-30-20)23(25-12-4-3-5-13-25)18-8-10-19(29-2)11-9-18/h6-11,14-15,23,27H,3-5,12-13,16H2,1-2H3. The average molecular weight is 408 g/mol. The summed E-state index contributed by atoms with van der Waals surface area (Å²) in [5, 5.41) is 10.9. The zero-order chi connectivity index (χ0) is 21.1. The van der Waals surface area contributed by atoms with Crippen molar-refractivity contribution in [2.24, 2.45) is 0 Å². The van der Waals surface area contributed by atoms with E-state index in [9.17, 15) is 9.90 Å². The molecule has 0 saturated carbocycles. The van der Waals surface area contributed by atoms with Crippen LogP contribution in [0.2, 0.25) is 0 Å². The summed E-state index contributed by atoms with van der Waals surface area (Å²) in [6.07, 6.45) is 4.96. The van der Waals surface area contributed by atoms with Crippen LogP contribution >= 0.6 is 0 Å². The molecule has 1 saturated heterocycles. The second kappa shape index (κ2) is 8.79. The lowest BCUT2D eigenvalue weighted by Crippen LogP contribution is -2.38. The summed E-state index contributed by atoms with van der Waals surface area (Å²) < 4.78 is 12.4. The Kier molecular flexibility index (Phi) is 5.95. The number of nitrogens with zero attached hydrogens (tertiary/aromatic N) is 2. The third-order valence-corrected chi connectivity index (χ3v) is 5.88. The van der Waals surface area contributed by atoms with Crippen LogP contribution < -0.4 is 10.3 Å². The molecule has 2 aromatic heterocycles. The molecule has 0 bridgehead atoms. The molecule has 3 aromatic rings. The number of aromatic nitrogens is 1. The van der Waals surface area contributed by atoms with Crippen molar-refractivity contribution in [1.82, 2.24) is 9.47 Å². The molecule has 0 aliphatic carbocycles. The van der Waals surface area contributed by atoms with Crippen LogP contribution in [0.4, 0.5) is 0 Å². The number of ether oxygens (including phenoxy) is 1. The fourth-order valence-electron chi connectivity index (χ4n) is 4.30. The van der Waals surface area contributed by atoms with E-state index >= 15 is 0 Å². The van der Waals surface area contributed by atoms with E-state index in [2.05, 4.69) is 4.90 Å². The number of likely N-dealkylation sites (tertiary alicyclic amines) is 1. The van der Waals surface area contributed by atoms with E-state index in [4.69, 9.17) is 9.15 Å². The summed E-state index contributed by atoms with van der Waals surface area (Å²) in [6, 6.07) is 12.8. The minimum absolute atomic E-state index is 0.0413. The average Bonchev–Trinajstić information content (AvgIpc) is 3.28. The number of benzene rings is 1. The lowest BCUT2D eigenvalue weighted by Gasteiger charge is -2.35. The Bertz CT molecular complexity index is 1030. The Morgan fingerprint density at radius 2 is 1.87 bits per heavy atom. The molecule has 0 spiro atoms. The zero-order valence-corrected chi connectivity index (χ0v) is 17.5. The van der Waals surface area contributed by atoms with Gasteiger partial charge in [0.1, 0.15) is 17.3 Å². The maximum absolute atomic E-state index is 13.6. The molecule has 1 fully saturated rings. The topological polar surface area (TPSA) is 67.8 Å². The molecule has 6 nitrogen and oxygen atoms in total. The number of hydrogen-bond acceptors (Lipinski definition) is 5. The van der Waals surface area contributed by atoms with E-state index in [0.29, 0.717) is 23.6 Å². The Hall–Kier alpha value is -2.99. The fraction of sp³-hybridized carbons (Fsp3) is 0.375. The minimum Gasteiger partial charge on any atom is -0.507 e. The Morgan fingerprint density at radius 3 is 2.50 bits per heavy atom. The molecule has 0 radical (unpaired) electrons. The number of rotatable bonds is 6. The molecule has 30 heavy (non-hydrogen) atoms. The van der Waals surface area contributed by atoms with Crippen LogP contribution in [0.3, 0.4) is 0 Å². The summed E-state index contributed by atoms with van der Waals surface area (Å²) >= 11 is 0. The molecule has 1 aliphatic rings. The number of aryl methyl sites for hydroxylation is 1. The number of hydrogen-bond donors (Lipinski definition) is 1. The molecule has 6 heteroatoms. The first-order valence-corrected chi connectivity index (χ1v) is 10.4. The highest BCUT2D eigenvalue weighted by Crippen LogP contribution is 2.35. The summed E-state index contributed by atoms with van der Waals surface area (Å²) in [7, 11) is 1.64. The lowest BCUT2D eigenvalue weighted by atomic mass is 9.94. The molecule has 1 N–H and O–H groups in total. The molecule has 158 valence electrons. The van der Waals surface area contributed by atoms with Crippen molar-refractivity contribution in [2.75, 3.05) is 20.2 Å². The van der Waals surface area contributed by atoms with Crippen LogP contribution in [0.1, 0.15) is 47.9 Å². The van der Waals surface area contributed by atoms with Gasteiger partial charge in [0.25, 0.3) is 5.56 Å². The zero-order valence-electron chi connectivity index (χ0n) is 17.5. The number of furan rings is 1. The molecular formula is C24H28N2O4. The van der Waals surface area contributed by atoms with E-state index in [1.54, 1.807) is 24.0 Å². The quantitative estimate of drug-likeness (QED) is 0.665. The van der Waals surface area contributed by atoms with E-state index < -0.39 is 0 Å². The van der Waals surface area contributed by atoms with Crippen molar-refractivity contribution in [3.05, 3.63) is 81.7 Å². The van der Waals surface area contributed by atoms with Crippen molar-refractivity contribution in [2.45, 2.75) is 38.8 Å². The Morgan fingerprint density at radius 1 is 1.13 bits per heavy atom. The van der Waals surface area contributed by atoms with Crippen molar-refractivity contribution >= 4 is 0 Å². The van der Waals surface area contributed by atoms with Gasteiger partial charge in [0.15, 0.2) is 0 Å². The Labute approximate surface area is 176 Å². The van der Waals surface area contributed by atoms with Gasteiger partial charge in [-0.2, -0.15) is 0 Å². The van der Waals surface area contributed by atoms with Crippen molar-refractivity contribution in [1.29, 1.82) is 0 Å². The third kappa shape index (κ3) is 4.00. The first-order chi connectivity index (χ1) is 14.6. The van der Waals surface area contributed by atoms with Crippen LogP contribution in [0.5, 0.6) is 11.5 Å². The van der Waals surface area contributed by atoms with Gasteiger partial charge in [0.05, 0.1) is 31.5 Å². The van der Waals surface area contributed by atoms with Crippen LogP contribution in [-0.2, 0) is 6.54 Å². The summed E-state index contributed by atoms with van der Waals surface area (Å²) in [5.41, 5.74) is 1.90. The van der Waals surface area contributed by atoms with Gasteiger partial charge in [-0.3, -0.25) is 9.69 Å². The summed E-state index contributed by atoms with van der Waals surface area (Å²) in [6.45, 7) is 3.95. The third-order valence-electron chi connectivity index (χ3n) is 5.88. The number of pyridine rings is 1. The van der Waals surface area contributed by atoms with Crippen molar-refractivity contribution in [3.63, 3.8) is 0 Å². The number of aromatic hydroxyl groups is 1. The van der Waals surface area contributed by atoms with E-state index in [1.807, 2.05) is 43.3 Å². The van der Waals surface area contributed by atoms with Crippen LogP contribution in [-0.4, -0.2) is 34.8 Å². The van der Waals surface area contributed by atoms with Gasteiger partial charge in [0, 0.05) is 5.69 Å². The van der Waals surface area contributed by atoms with E-state index in [1.165, 1.54) is 6.42 Å². The van der Waals surface area contributed by atoms with E-state index in [-0.39, 0.29) is 17.4 Å². The largest absolute Gasteiger partial charge is 0.507 e. The smallest absolute Gasteiger partial charge is 0.260 e. The normalized spacial score (nSPS) is 15.8. The predicted molar refractivity (Wildman–Crippen MR) is 115 cm³/mol. The second-order valence-corrected chi connectivity index (χ2v) is 7.83. The van der Waals surface area contributed by atoms with Gasteiger partial charge in [-0.05, 0) is 68.8 Å². The van der Waals surface area contributed by atoms with Gasteiger partial charge < -0.3 is 18.8 Å². The fourth-order valence-corrected chi connectivity index (χ4v) is 4.30. The summed E-state index contributed by atoms with van der Waals surface area (Å²) in [5.74, 6) is 1.51. The number of methoxy groups -OCH3 is 1. The van der Waals surface area contributed by atoms with Crippen molar-refractivity contribution in [3.8, 4) is 11.5 Å². The predicted octanol–water partition coefficient (Wildman–Crippen LogP) is 4.09. The molecule has 1 unspecified atom stereocenters. The molecule has 4 rings (SSSR count). The van der Waals surface area contributed by atoms with Crippen molar-refractivity contribution < 1.29 is 14.3 Å². The van der Waals surface area contributed by atoms with Gasteiger partial charge in [-0.1, -0.05) is 18.6 Å². The maximum Gasteiger partial charge on any atom is 0.260 e. The van der Waals surface area contributed by atoms with Crippen LogP contribution in [0.15, 0.2) is 57.9 Å². The lowest BCUT2D eigenvalue weighted by molar-refractivity contribution is 0.183. The highest BCUT2D eigenvalue weighted by Gasteiger charge is 2.30. The highest BCUT2D eigenvalue weighted by atomic mass is 16.5. The molecule has 3 heterocycles. The molecule has 1 atom stereocenters. The first-order valence-electron chi connectivity index (χ1n) is 10.4. The van der Waals surface area contributed by atoms with Gasteiger partial charge in [-0.15, -0.1) is 0 Å². The highest BCUT2D eigenvalue weighted by molar-refractivity contribution is 5.42. The van der Waals surface area contributed by atoms with Crippen LogP contribution in [0, 0.1) is 6.92 Å².